The van der Waals surface area contributed by atoms with Gasteiger partial charge in [-0.15, -0.1) is 0 Å². The Morgan fingerprint density at radius 1 is 0.957 bits per heavy atom. The minimum absolute atomic E-state index is 0.353. The molecule has 0 spiro atoms. The zero-order valence-corrected chi connectivity index (χ0v) is 15.2. The number of hydrogen-bond donors (Lipinski definition) is 1. The second kappa shape index (κ2) is 6.74. The van der Waals surface area contributed by atoms with E-state index in [0.29, 0.717) is 21.5 Å². The van der Waals surface area contributed by atoms with E-state index in [1.807, 2.05) is 31.2 Å². The van der Waals surface area contributed by atoms with E-state index in [0.717, 1.165) is 33.4 Å². The molecule has 0 saturated heterocycles. The molecule has 6 heteroatoms. The Hall–Kier alpha value is -1.19. The van der Waals surface area contributed by atoms with Crippen LogP contribution < -0.4 is 0 Å². The Morgan fingerprint density at radius 3 is 2.17 bits per heavy atom. The zero-order chi connectivity index (χ0) is 16.6. The fraction of sp³-hybridized carbons (Fsp3) is 0.118. The third-order valence-corrected chi connectivity index (χ3v) is 4.92. The maximum atomic E-state index is 6.11. The van der Waals surface area contributed by atoms with Gasteiger partial charge in [0.2, 0.25) is 0 Å². The molecule has 0 unspecified atom stereocenters. The van der Waals surface area contributed by atoms with E-state index in [-0.39, 0.29) is 0 Å². The minimum atomic E-state index is 0.353. The normalized spacial score (nSPS) is 11.0. The quantitative estimate of drug-likeness (QED) is 0.506. The van der Waals surface area contributed by atoms with Gasteiger partial charge in [-0.25, -0.2) is 4.98 Å². The summed E-state index contributed by atoms with van der Waals surface area (Å²) in [4.78, 5) is 7.96. The molecule has 2 aromatic carbocycles. The summed E-state index contributed by atoms with van der Waals surface area (Å²) in [6, 6.07) is 11.2. The first kappa shape index (κ1) is 16.7. The van der Waals surface area contributed by atoms with Crippen molar-refractivity contribution in [1.29, 1.82) is 0 Å². The summed E-state index contributed by atoms with van der Waals surface area (Å²) in [6.45, 7) is 1.96. The fourth-order valence-electron chi connectivity index (χ4n) is 2.38. The molecule has 0 amide bonds. The molecule has 0 fully saturated rings. The van der Waals surface area contributed by atoms with Gasteiger partial charge in [-0.05, 0) is 36.8 Å². The van der Waals surface area contributed by atoms with Crippen LogP contribution in [0.5, 0.6) is 0 Å². The van der Waals surface area contributed by atoms with Crippen molar-refractivity contribution in [2.75, 3.05) is 0 Å². The molecule has 0 aliphatic carbocycles. The first-order valence-electron chi connectivity index (χ1n) is 6.89. The molecule has 2 nitrogen and oxygen atoms in total. The Kier molecular flexibility index (Phi) is 4.88. The van der Waals surface area contributed by atoms with Crippen molar-refractivity contribution in [1.82, 2.24) is 9.97 Å². The Labute approximate surface area is 154 Å². The number of hydrogen-bond acceptors (Lipinski definition) is 1. The highest BCUT2D eigenvalue weighted by Crippen LogP contribution is 2.35. The summed E-state index contributed by atoms with van der Waals surface area (Å²) in [6.07, 6.45) is 0.688. The number of H-pyrrole nitrogens is 1. The summed E-state index contributed by atoms with van der Waals surface area (Å²) < 4.78 is 0. The van der Waals surface area contributed by atoms with Crippen molar-refractivity contribution < 1.29 is 0 Å². The molecular formula is C17H12Cl4N2. The van der Waals surface area contributed by atoms with E-state index in [9.17, 15) is 0 Å². The predicted molar refractivity (Wildman–Crippen MR) is 98.0 cm³/mol. The van der Waals surface area contributed by atoms with E-state index >= 15 is 0 Å². The van der Waals surface area contributed by atoms with Gasteiger partial charge < -0.3 is 4.98 Å². The molecule has 1 aromatic heterocycles. The molecule has 0 radical (unpaired) electrons. The van der Waals surface area contributed by atoms with Gasteiger partial charge in [0, 0.05) is 22.7 Å². The molecule has 23 heavy (non-hydrogen) atoms. The fourth-order valence-corrected chi connectivity index (χ4v) is 3.10. The summed E-state index contributed by atoms with van der Waals surface area (Å²) in [5.41, 5.74) is 3.72. The van der Waals surface area contributed by atoms with E-state index < -0.39 is 0 Å². The molecule has 1 heterocycles. The van der Waals surface area contributed by atoms with Crippen LogP contribution in [0, 0.1) is 6.92 Å². The largest absolute Gasteiger partial charge is 0.345 e. The molecule has 3 aromatic rings. The molecule has 1 N–H and O–H groups in total. The first-order valence-corrected chi connectivity index (χ1v) is 8.40. The van der Waals surface area contributed by atoms with Crippen LogP contribution in [0.4, 0.5) is 0 Å². The summed E-state index contributed by atoms with van der Waals surface area (Å²) in [7, 11) is 0. The van der Waals surface area contributed by atoms with Gasteiger partial charge in [-0.2, -0.15) is 0 Å². The topological polar surface area (TPSA) is 28.7 Å². The number of nitrogens with one attached hydrogen (secondary N) is 1. The van der Waals surface area contributed by atoms with Crippen molar-refractivity contribution in [2.24, 2.45) is 0 Å². The van der Waals surface area contributed by atoms with Crippen molar-refractivity contribution in [3.8, 4) is 11.3 Å². The average Bonchev–Trinajstić information content (AvgIpc) is 2.87. The van der Waals surface area contributed by atoms with Gasteiger partial charge in [-0.1, -0.05) is 58.5 Å². The number of aromatic amines is 1. The van der Waals surface area contributed by atoms with Crippen molar-refractivity contribution in [3.05, 3.63) is 73.6 Å². The van der Waals surface area contributed by atoms with E-state index in [1.165, 1.54) is 0 Å². The monoisotopic (exact) mass is 384 g/mol. The maximum Gasteiger partial charge on any atom is 0.111 e. The molecule has 118 valence electrons. The van der Waals surface area contributed by atoms with Gasteiger partial charge in [0.1, 0.15) is 5.82 Å². The van der Waals surface area contributed by atoms with E-state index in [1.54, 1.807) is 12.1 Å². The van der Waals surface area contributed by atoms with Gasteiger partial charge in [0.25, 0.3) is 0 Å². The van der Waals surface area contributed by atoms with E-state index in [2.05, 4.69) is 9.97 Å². The third kappa shape index (κ3) is 3.67. The smallest absolute Gasteiger partial charge is 0.111 e. The highest BCUT2D eigenvalue weighted by atomic mass is 35.5. The van der Waals surface area contributed by atoms with Crippen LogP contribution in [0.15, 0.2) is 36.4 Å². The SMILES string of the molecule is Cc1[nH]c(Cc2ccc(Cl)cc2)nc1-c1cc(Cl)c(Cl)c(Cl)c1. The molecule has 0 saturated carbocycles. The second-order valence-electron chi connectivity index (χ2n) is 5.21. The lowest BCUT2D eigenvalue weighted by Gasteiger charge is -2.04. The van der Waals surface area contributed by atoms with Crippen LogP contribution in [0.3, 0.4) is 0 Å². The van der Waals surface area contributed by atoms with Crippen LogP contribution >= 0.6 is 46.4 Å². The van der Waals surface area contributed by atoms with Crippen LogP contribution in [0.25, 0.3) is 11.3 Å². The van der Waals surface area contributed by atoms with Crippen molar-refractivity contribution in [3.63, 3.8) is 0 Å². The average molecular weight is 386 g/mol. The number of imidazole rings is 1. The van der Waals surface area contributed by atoms with Crippen LogP contribution in [0.2, 0.25) is 20.1 Å². The molecule has 0 bridgehead atoms. The van der Waals surface area contributed by atoms with Crippen LogP contribution in [-0.2, 0) is 6.42 Å². The molecule has 0 aliphatic heterocycles. The zero-order valence-electron chi connectivity index (χ0n) is 12.1. The Bertz CT molecular complexity index is 831. The lowest BCUT2D eigenvalue weighted by atomic mass is 10.1. The predicted octanol–water partition coefficient (Wildman–Crippen LogP) is 6.59. The number of rotatable bonds is 3. The Morgan fingerprint density at radius 2 is 1.57 bits per heavy atom. The lowest BCUT2D eigenvalue weighted by Crippen LogP contribution is -1.90. The van der Waals surface area contributed by atoms with Crippen LogP contribution in [-0.4, -0.2) is 9.97 Å². The third-order valence-electron chi connectivity index (χ3n) is 3.48. The lowest BCUT2D eigenvalue weighted by molar-refractivity contribution is 1.02. The van der Waals surface area contributed by atoms with Gasteiger partial charge in [0.15, 0.2) is 0 Å². The Balaban J connectivity index is 1.93. The number of nitrogens with zero attached hydrogens (tertiary/aromatic N) is 1. The van der Waals surface area contributed by atoms with Crippen LogP contribution in [0.1, 0.15) is 17.1 Å². The molecular weight excluding hydrogens is 374 g/mol. The van der Waals surface area contributed by atoms with Gasteiger partial charge in [-0.3, -0.25) is 0 Å². The van der Waals surface area contributed by atoms with Gasteiger partial charge >= 0.3 is 0 Å². The molecule has 0 aliphatic rings. The molecule has 3 rings (SSSR count). The maximum absolute atomic E-state index is 6.11. The summed E-state index contributed by atoms with van der Waals surface area (Å²) in [5.74, 6) is 0.863. The standard InChI is InChI=1S/C17H12Cl4N2/c1-9-17(11-7-13(19)16(21)14(20)8-11)23-15(22-9)6-10-2-4-12(18)5-3-10/h2-5,7-8H,6H2,1H3,(H,22,23). The molecule has 0 atom stereocenters. The second-order valence-corrected chi connectivity index (χ2v) is 6.84. The van der Waals surface area contributed by atoms with Crippen molar-refractivity contribution >= 4 is 46.4 Å². The highest BCUT2D eigenvalue weighted by molar-refractivity contribution is 6.48. The highest BCUT2D eigenvalue weighted by Gasteiger charge is 2.13. The van der Waals surface area contributed by atoms with Gasteiger partial charge in [0.05, 0.1) is 20.8 Å². The minimum Gasteiger partial charge on any atom is -0.345 e. The summed E-state index contributed by atoms with van der Waals surface area (Å²) >= 11 is 24.1. The first-order chi connectivity index (χ1) is 10.9. The summed E-state index contributed by atoms with van der Waals surface area (Å²) in [5, 5.41) is 1.90. The van der Waals surface area contributed by atoms with E-state index in [4.69, 9.17) is 46.4 Å². The number of aromatic nitrogens is 2. The van der Waals surface area contributed by atoms with Crippen molar-refractivity contribution in [2.45, 2.75) is 13.3 Å². The number of benzene rings is 2. The number of aryl methyl sites for hydroxylation is 1. The number of halogens is 4.